The van der Waals surface area contributed by atoms with E-state index in [-0.39, 0.29) is 5.91 Å². The number of nitrogens with two attached hydrogens (primary N) is 1. The molecule has 3 N–H and O–H groups in total. The van der Waals surface area contributed by atoms with E-state index >= 15 is 0 Å². The van der Waals surface area contributed by atoms with Crippen LogP contribution in [0.5, 0.6) is 0 Å². The van der Waals surface area contributed by atoms with Gasteiger partial charge in [-0.05, 0) is 36.1 Å². The van der Waals surface area contributed by atoms with Crippen molar-refractivity contribution < 1.29 is 4.79 Å². The standard InChI is InChI=1S/C13H15N3O/c14-13(17)6-2-4-10-3-1-5-11(9-10)12-7-8-15-16-12/h1,3,5,7-9H,2,4,6H2,(H2,14,17)(H,15,16). The lowest BCUT2D eigenvalue weighted by Crippen LogP contribution is -2.10. The lowest BCUT2D eigenvalue weighted by Gasteiger charge is -2.03. The van der Waals surface area contributed by atoms with Crippen molar-refractivity contribution in [3.8, 4) is 11.3 Å². The number of carbonyl (C=O) groups excluding carboxylic acids is 1. The van der Waals surface area contributed by atoms with E-state index in [1.807, 2.05) is 18.2 Å². The highest BCUT2D eigenvalue weighted by molar-refractivity contribution is 5.73. The van der Waals surface area contributed by atoms with Gasteiger partial charge in [0.1, 0.15) is 0 Å². The molecule has 17 heavy (non-hydrogen) atoms. The van der Waals surface area contributed by atoms with Crippen LogP contribution >= 0.6 is 0 Å². The zero-order valence-electron chi connectivity index (χ0n) is 9.52. The first-order valence-electron chi connectivity index (χ1n) is 5.63. The van der Waals surface area contributed by atoms with Crippen LogP contribution in [0.2, 0.25) is 0 Å². The van der Waals surface area contributed by atoms with Gasteiger partial charge in [-0.3, -0.25) is 9.89 Å². The molecule has 0 aliphatic heterocycles. The molecule has 0 saturated heterocycles. The largest absolute Gasteiger partial charge is 0.370 e. The Labute approximate surface area is 99.8 Å². The molecule has 1 aromatic heterocycles. The molecule has 0 unspecified atom stereocenters. The Balaban J connectivity index is 2.04. The van der Waals surface area contributed by atoms with Crippen LogP contribution in [0.25, 0.3) is 11.3 Å². The van der Waals surface area contributed by atoms with Crippen LogP contribution in [0.3, 0.4) is 0 Å². The molecule has 4 heteroatoms. The van der Waals surface area contributed by atoms with Crippen molar-refractivity contribution in [2.45, 2.75) is 19.3 Å². The first-order valence-corrected chi connectivity index (χ1v) is 5.63. The third-order valence-electron chi connectivity index (χ3n) is 2.63. The van der Waals surface area contributed by atoms with E-state index in [2.05, 4.69) is 22.3 Å². The summed E-state index contributed by atoms with van der Waals surface area (Å²) in [5.41, 5.74) is 8.43. The van der Waals surface area contributed by atoms with E-state index in [0.29, 0.717) is 6.42 Å². The number of nitrogens with zero attached hydrogens (tertiary/aromatic N) is 1. The number of aromatic nitrogens is 2. The molecule has 0 aliphatic carbocycles. The molecule has 0 fully saturated rings. The number of aromatic amines is 1. The maximum atomic E-state index is 10.7. The van der Waals surface area contributed by atoms with Crippen LogP contribution in [0, 0.1) is 0 Å². The Morgan fingerprint density at radius 3 is 2.94 bits per heavy atom. The van der Waals surface area contributed by atoms with Gasteiger partial charge in [0.2, 0.25) is 5.91 Å². The summed E-state index contributed by atoms with van der Waals surface area (Å²) in [5, 5.41) is 6.86. The second-order valence-electron chi connectivity index (χ2n) is 3.99. The minimum Gasteiger partial charge on any atom is -0.370 e. The highest BCUT2D eigenvalue weighted by atomic mass is 16.1. The SMILES string of the molecule is NC(=O)CCCc1cccc(-c2ccn[nH]2)c1. The van der Waals surface area contributed by atoms with Crippen LogP contribution in [0.4, 0.5) is 0 Å². The number of hydrogen-bond acceptors (Lipinski definition) is 2. The number of primary amides is 1. The average Bonchev–Trinajstić information content (AvgIpc) is 2.82. The van der Waals surface area contributed by atoms with Gasteiger partial charge in [-0.25, -0.2) is 0 Å². The minimum atomic E-state index is -0.241. The molecule has 0 aliphatic rings. The fraction of sp³-hybridized carbons (Fsp3) is 0.231. The lowest BCUT2D eigenvalue weighted by atomic mass is 10.0. The Bertz CT molecular complexity index is 491. The lowest BCUT2D eigenvalue weighted by molar-refractivity contribution is -0.118. The van der Waals surface area contributed by atoms with Crippen molar-refractivity contribution in [2.24, 2.45) is 5.73 Å². The van der Waals surface area contributed by atoms with Crippen molar-refractivity contribution in [1.82, 2.24) is 10.2 Å². The van der Waals surface area contributed by atoms with Gasteiger partial charge < -0.3 is 5.73 Å². The number of carbonyl (C=O) groups is 1. The average molecular weight is 229 g/mol. The number of benzene rings is 1. The second-order valence-corrected chi connectivity index (χ2v) is 3.99. The van der Waals surface area contributed by atoms with Gasteiger partial charge in [-0.2, -0.15) is 5.10 Å². The molecule has 0 radical (unpaired) electrons. The van der Waals surface area contributed by atoms with Gasteiger partial charge in [0.05, 0.1) is 5.69 Å². The van der Waals surface area contributed by atoms with E-state index in [1.165, 1.54) is 5.56 Å². The summed E-state index contributed by atoms with van der Waals surface area (Å²) in [6, 6.07) is 10.1. The Hall–Kier alpha value is -2.10. The molecule has 0 bridgehead atoms. The van der Waals surface area contributed by atoms with Crippen LogP contribution in [0.1, 0.15) is 18.4 Å². The molecular weight excluding hydrogens is 214 g/mol. The number of H-pyrrole nitrogens is 1. The zero-order chi connectivity index (χ0) is 12.1. The summed E-state index contributed by atoms with van der Waals surface area (Å²) < 4.78 is 0. The van der Waals surface area contributed by atoms with E-state index < -0.39 is 0 Å². The van der Waals surface area contributed by atoms with Gasteiger partial charge >= 0.3 is 0 Å². The molecule has 0 spiro atoms. The number of nitrogens with one attached hydrogen (secondary N) is 1. The summed E-state index contributed by atoms with van der Waals surface area (Å²) in [6.07, 6.45) is 3.83. The first-order chi connectivity index (χ1) is 8.25. The van der Waals surface area contributed by atoms with Gasteiger partial charge in [-0.15, -0.1) is 0 Å². The number of hydrogen-bond donors (Lipinski definition) is 2. The van der Waals surface area contributed by atoms with Crippen molar-refractivity contribution in [1.29, 1.82) is 0 Å². The molecule has 0 atom stereocenters. The monoisotopic (exact) mass is 229 g/mol. The van der Waals surface area contributed by atoms with E-state index in [4.69, 9.17) is 5.73 Å². The van der Waals surface area contributed by atoms with Gasteiger partial charge in [0.15, 0.2) is 0 Å². The van der Waals surface area contributed by atoms with Crippen LogP contribution in [-0.2, 0) is 11.2 Å². The Morgan fingerprint density at radius 2 is 2.24 bits per heavy atom. The molecule has 1 aromatic carbocycles. The molecule has 2 rings (SSSR count). The highest BCUT2D eigenvalue weighted by Gasteiger charge is 2.01. The normalized spacial score (nSPS) is 10.4. The summed E-state index contributed by atoms with van der Waals surface area (Å²) in [4.78, 5) is 10.7. The molecular formula is C13H15N3O. The highest BCUT2D eigenvalue weighted by Crippen LogP contribution is 2.18. The molecule has 2 aromatic rings. The number of amides is 1. The summed E-state index contributed by atoms with van der Waals surface area (Å²) in [5.74, 6) is -0.241. The van der Waals surface area contributed by atoms with E-state index in [1.54, 1.807) is 6.20 Å². The summed E-state index contributed by atoms with van der Waals surface area (Å²) in [6.45, 7) is 0. The third-order valence-corrected chi connectivity index (χ3v) is 2.63. The van der Waals surface area contributed by atoms with Crippen molar-refractivity contribution >= 4 is 5.91 Å². The van der Waals surface area contributed by atoms with Crippen LogP contribution < -0.4 is 5.73 Å². The minimum absolute atomic E-state index is 0.241. The van der Waals surface area contributed by atoms with Gasteiger partial charge in [0, 0.05) is 12.6 Å². The Kier molecular flexibility index (Phi) is 3.55. The smallest absolute Gasteiger partial charge is 0.217 e. The van der Waals surface area contributed by atoms with E-state index in [9.17, 15) is 4.79 Å². The van der Waals surface area contributed by atoms with Crippen LogP contribution in [-0.4, -0.2) is 16.1 Å². The molecule has 4 nitrogen and oxygen atoms in total. The number of aryl methyl sites for hydroxylation is 1. The molecule has 1 heterocycles. The topological polar surface area (TPSA) is 71.8 Å². The van der Waals surface area contributed by atoms with Crippen molar-refractivity contribution in [2.75, 3.05) is 0 Å². The molecule has 0 saturated carbocycles. The van der Waals surface area contributed by atoms with Crippen molar-refractivity contribution in [3.63, 3.8) is 0 Å². The quantitative estimate of drug-likeness (QED) is 0.821. The van der Waals surface area contributed by atoms with Gasteiger partial charge in [-0.1, -0.05) is 18.2 Å². The van der Waals surface area contributed by atoms with E-state index in [0.717, 1.165) is 24.1 Å². The maximum Gasteiger partial charge on any atom is 0.217 e. The Morgan fingerprint density at radius 1 is 1.35 bits per heavy atom. The zero-order valence-corrected chi connectivity index (χ0v) is 9.52. The predicted octanol–water partition coefficient (Wildman–Crippen LogP) is 1.88. The second kappa shape index (κ2) is 5.30. The summed E-state index contributed by atoms with van der Waals surface area (Å²) >= 11 is 0. The molecule has 88 valence electrons. The van der Waals surface area contributed by atoms with Crippen molar-refractivity contribution in [3.05, 3.63) is 42.1 Å². The molecule has 1 amide bonds. The number of rotatable bonds is 5. The fourth-order valence-corrected chi connectivity index (χ4v) is 1.78. The fourth-order valence-electron chi connectivity index (χ4n) is 1.78. The van der Waals surface area contributed by atoms with Gasteiger partial charge in [0.25, 0.3) is 0 Å². The first kappa shape index (κ1) is 11.4. The summed E-state index contributed by atoms with van der Waals surface area (Å²) in [7, 11) is 0. The predicted molar refractivity (Wildman–Crippen MR) is 66.2 cm³/mol. The third kappa shape index (κ3) is 3.17. The maximum absolute atomic E-state index is 10.7. The van der Waals surface area contributed by atoms with Crippen LogP contribution in [0.15, 0.2) is 36.5 Å².